The van der Waals surface area contributed by atoms with Gasteiger partial charge in [0.15, 0.2) is 8.07 Å². The Hall–Kier alpha value is -8.96. The van der Waals surface area contributed by atoms with E-state index >= 15 is 0 Å². The molecule has 0 bridgehead atoms. The van der Waals surface area contributed by atoms with E-state index in [-0.39, 0.29) is 0 Å². The molecule has 0 aliphatic rings. The maximum Gasteiger partial charge on any atom is 0.181 e. The fraction of sp³-hybridized carbons (Fsp3) is 0. The lowest BCUT2D eigenvalue weighted by Gasteiger charge is -2.35. The van der Waals surface area contributed by atoms with E-state index in [2.05, 4.69) is 287 Å². The molecule has 328 valence electrons. The van der Waals surface area contributed by atoms with E-state index in [1.54, 1.807) is 0 Å². The summed E-state index contributed by atoms with van der Waals surface area (Å²) >= 11 is 0. The smallest absolute Gasteiger partial charge is 0.181 e. The van der Waals surface area contributed by atoms with E-state index in [1.165, 1.54) is 86.3 Å². The van der Waals surface area contributed by atoms with Gasteiger partial charge >= 0.3 is 0 Å². The third kappa shape index (κ3) is 5.87. The third-order valence-corrected chi connectivity index (χ3v) is 19.6. The van der Waals surface area contributed by atoms with E-state index < -0.39 is 8.07 Å². The molecule has 0 aliphatic heterocycles. The number of aromatic nitrogens is 3. The zero-order valence-electron chi connectivity index (χ0n) is 38.3. The minimum Gasteiger partial charge on any atom is -0.309 e. The highest BCUT2D eigenvalue weighted by Crippen LogP contribution is 2.43. The largest absolute Gasteiger partial charge is 0.309 e. The van der Waals surface area contributed by atoms with Gasteiger partial charge in [-0.05, 0) is 74.8 Å². The number of fused-ring (bicyclic) bond motifs is 9. The van der Waals surface area contributed by atoms with Gasteiger partial charge in [0.05, 0.1) is 44.5 Å². The van der Waals surface area contributed by atoms with Crippen LogP contribution in [0.25, 0.3) is 93.6 Å². The summed E-state index contributed by atoms with van der Waals surface area (Å²) in [5.41, 5.74) is 12.9. The van der Waals surface area contributed by atoms with Gasteiger partial charge < -0.3 is 13.7 Å². The molecule has 0 atom stereocenters. The molecule has 3 nitrogen and oxygen atoms in total. The second-order valence-corrected chi connectivity index (χ2v) is 22.1. The van der Waals surface area contributed by atoms with Crippen molar-refractivity contribution in [2.75, 3.05) is 0 Å². The Kier molecular flexibility index (Phi) is 9.23. The van der Waals surface area contributed by atoms with E-state index in [4.69, 9.17) is 0 Å². The van der Waals surface area contributed by atoms with Gasteiger partial charge in [-0.25, -0.2) is 0 Å². The number of benzene rings is 11. The van der Waals surface area contributed by atoms with Crippen molar-refractivity contribution in [3.63, 3.8) is 0 Å². The van der Waals surface area contributed by atoms with Crippen LogP contribution in [0, 0.1) is 0 Å². The van der Waals surface area contributed by atoms with Gasteiger partial charge in [0.2, 0.25) is 0 Å². The van der Waals surface area contributed by atoms with Crippen molar-refractivity contribution >= 4 is 94.2 Å². The summed E-state index contributed by atoms with van der Waals surface area (Å²) in [6.45, 7) is 0. The van der Waals surface area contributed by atoms with Crippen LogP contribution in [0.1, 0.15) is 0 Å². The Morgan fingerprint density at radius 1 is 0.257 bits per heavy atom. The van der Waals surface area contributed by atoms with Crippen molar-refractivity contribution in [1.29, 1.82) is 0 Å². The number of hydrogen-bond donors (Lipinski definition) is 0. The molecule has 11 aromatic carbocycles. The van der Waals surface area contributed by atoms with E-state index in [0.29, 0.717) is 0 Å². The molecular formula is C66H45N3Si. The predicted molar refractivity (Wildman–Crippen MR) is 299 cm³/mol. The number of para-hydroxylation sites is 6. The van der Waals surface area contributed by atoms with Gasteiger partial charge in [-0.3, -0.25) is 0 Å². The van der Waals surface area contributed by atoms with Crippen molar-refractivity contribution in [2.45, 2.75) is 0 Å². The molecule has 0 amide bonds. The van der Waals surface area contributed by atoms with Crippen LogP contribution in [0.15, 0.2) is 273 Å². The SMILES string of the molecule is c1ccc(-c2ccccc2-n2c3ccc(-n4c5ccccc5c5ccccc54)cc3c3cccc(-n4c5ccccc5c5cccc([Si](c6ccccc6)(c6ccccc6)c6ccccc6)c54)c32)cc1. The second kappa shape index (κ2) is 16.1. The zero-order valence-corrected chi connectivity index (χ0v) is 39.3. The summed E-state index contributed by atoms with van der Waals surface area (Å²) in [4.78, 5) is 0. The minimum atomic E-state index is -3.04. The Morgan fingerprint density at radius 3 is 1.27 bits per heavy atom. The van der Waals surface area contributed by atoms with Crippen molar-refractivity contribution in [2.24, 2.45) is 0 Å². The van der Waals surface area contributed by atoms with Gasteiger partial charge in [-0.1, -0.05) is 224 Å². The van der Waals surface area contributed by atoms with Gasteiger partial charge in [0.25, 0.3) is 0 Å². The molecule has 14 aromatic rings. The monoisotopic (exact) mass is 907 g/mol. The Morgan fingerprint density at radius 2 is 0.671 bits per heavy atom. The molecule has 0 spiro atoms. The van der Waals surface area contributed by atoms with Gasteiger partial charge in [-0.15, -0.1) is 0 Å². The van der Waals surface area contributed by atoms with Gasteiger partial charge in [0, 0.05) is 43.6 Å². The van der Waals surface area contributed by atoms with Crippen LogP contribution in [0.3, 0.4) is 0 Å². The lowest BCUT2D eigenvalue weighted by Crippen LogP contribution is -2.75. The van der Waals surface area contributed by atoms with E-state index in [1.807, 2.05) is 0 Å². The molecule has 0 saturated heterocycles. The molecule has 0 N–H and O–H groups in total. The number of hydrogen-bond acceptors (Lipinski definition) is 0. The topological polar surface area (TPSA) is 14.8 Å². The summed E-state index contributed by atoms with van der Waals surface area (Å²) in [5, 5.41) is 12.8. The molecule has 3 heterocycles. The first-order valence-corrected chi connectivity index (χ1v) is 26.2. The van der Waals surface area contributed by atoms with Crippen LogP contribution in [0.4, 0.5) is 0 Å². The molecule has 0 fully saturated rings. The van der Waals surface area contributed by atoms with Crippen LogP contribution < -0.4 is 20.7 Å². The Labute approximate surface area is 407 Å². The lowest BCUT2D eigenvalue weighted by atomic mass is 10.0. The predicted octanol–water partition coefficient (Wildman–Crippen LogP) is 14.0. The van der Waals surface area contributed by atoms with E-state index in [0.717, 1.165) is 28.1 Å². The second-order valence-electron chi connectivity index (χ2n) is 18.4. The molecule has 14 rings (SSSR count). The van der Waals surface area contributed by atoms with Crippen molar-refractivity contribution in [3.8, 4) is 28.2 Å². The van der Waals surface area contributed by atoms with Crippen LogP contribution in [-0.4, -0.2) is 21.8 Å². The first-order chi connectivity index (χ1) is 34.8. The average Bonchev–Trinajstić information content (AvgIpc) is 4.08. The maximum absolute atomic E-state index is 3.04. The average molecular weight is 908 g/mol. The summed E-state index contributed by atoms with van der Waals surface area (Å²) in [7, 11) is -3.04. The maximum atomic E-state index is 2.62. The Bertz CT molecular complexity index is 4130. The highest BCUT2D eigenvalue weighted by atomic mass is 28.3. The van der Waals surface area contributed by atoms with Crippen LogP contribution >= 0.6 is 0 Å². The highest BCUT2D eigenvalue weighted by molar-refractivity contribution is 7.20. The normalized spacial score (nSPS) is 12.0. The molecule has 0 unspecified atom stereocenters. The van der Waals surface area contributed by atoms with Gasteiger partial charge in [-0.2, -0.15) is 0 Å². The fourth-order valence-electron chi connectivity index (χ4n) is 11.9. The first kappa shape index (κ1) is 40.1. The molecule has 0 radical (unpaired) electrons. The van der Waals surface area contributed by atoms with Crippen molar-refractivity contribution < 1.29 is 0 Å². The molecular weight excluding hydrogens is 863 g/mol. The van der Waals surface area contributed by atoms with E-state index in [9.17, 15) is 0 Å². The number of nitrogens with zero attached hydrogens (tertiary/aromatic N) is 3. The number of rotatable bonds is 8. The molecule has 0 saturated carbocycles. The summed E-state index contributed by atoms with van der Waals surface area (Å²) < 4.78 is 7.61. The van der Waals surface area contributed by atoms with Crippen molar-refractivity contribution in [1.82, 2.24) is 13.7 Å². The standard InChI is InChI=1S/C66H45N3Si/c1-5-23-46(24-6-1)51-31-13-17-37-58(51)68-62-44-43-47(67-59-38-18-14-32-52(59)53-33-15-19-39-60(53)67)45-57(62)56-35-21-41-63(65(56)68)69-61-40-20-16-34-54(61)55-36-22-42-64(66(55)69)70(48-25-7-2-8-26-48,49-27-9-3-10-28-49)50-29-11-4-12-30-50/h1-45H. The fourth-order valence-corrected chi connectivity index (χ4v) is 16.9. The third-order valence-electron chi connectivity index (χ3n) is 14.8. The summed E-state index contributed by atoms with van der Waals surface area (Å²) in [6.07, 6.45) is 0. The van der Waals surface area contributed by atoms with Crippen molar-refractivity contribution in [3.05, 3.63) is 273 Å². The van der Waals surface area contributed by atoms with Crippen LogP contribution in [0.2, 0.25) is 0 Å². The summed E-state index contributed by atoms with van der Waals surface area (Å²) in [6, 6.07) is 102. The highest BCUT2D eigenvalue weighted by Gasteiger charge is 2.43. The Balaban J connectivity index is 1.16. The zero-order chi connectivity index (χ0) is 46.2. The minimum absolute atomic E-state index is 1.13. The molecule has 3 aromatic heterocycles. The lowest BCUT2D eigenvalue weighted by molar-refractivity contribution is 1.13. The van der Waals surface area contributed by atoms with Crippen LogP contribution in [0.5, 0.6) is 0 Å². The molecule has 4 heteroatoms. The first-order valence-electron chi connectivity index (χ1n) is 24.2. The quantitative estimate of drug-likeness (QED) is 0.107. The van der Waals surface area contributed by atoms with Crippen LogP contribution in [-0.2, 0) is 0 Å². The summed E-state index contributed by atoms with van der Waals surface area (Å²) in [5.74, 6) is 0. The van der Waals surface area contributed by atoms with Gasteiger partial charge in [0.1, 0.15) is 0 Å². The molecule has 0 aliphatic carbocycles. The molecule has 70 heavy (non-hydrogen) atoms.